The first-order valence-corrected chi connectivity index (χ1v) is 6.16. The topological polar surface area (TPSA) is 56.3 Å². The van der Waals surface area contributed by atoms with Gasteiger partial charge in [0.25, 0.3) is 0 Å². The first-order chi connectivity index (χ1) is 6.10. The van der Waals surface area contributed by atoms with Crippen LogP contribution in [0.4, 0.5) is 0 Å². The van der Waals surface area contributed by atoms with Crippen LogP contribution in [0.2, 0.25) is 0 Å². The molecule has 6 heteroatoms. The molecule has 0 saturated carbocycles. The predicted molar refractivity (Wildman–Crippen MR) is 51.8 cm³/mol. The number of halogens is 1. The molecule has 0 aliphatic heterocycles. The minimum absolute atomic E-state index is 0.103. The molecule has 13 heavy (non-hydrogen) atoms. The second-order valence-electron chi connectivity index (χ2n) is 2.26. The third-order valence-electron chi connectivity index (χ3n) is 1.42. The van der Waals surface area contributed by atoms with Gasteiger partial charge in [-0.1, -0.05) is 15.9 Å². The van der Waals surface area contributed by atoms with E-state index in [2.05, 4.69) is 20.9 Å². The summed E-state index contributed by atoms with van der Waals surface area (Å²) in [5, 5.41) is 0. The first kappa shape index (κ1) is 10.5. The third-order valence-corrected chi connectivity index (χ3v) is 4.48. The van der Waals surface area contributed by atoms with Crippen molar-refractivity contribution in [2.45, 2.75) is 4.90 Å². The summed E-state index contributed by atoms with van der Waals surface area (Å²) in [6.45, 7) is 0. The molecule has 1 rings (SSSR count). The molecule has 0 fully saturated rings. The summed E-state index contributed by atoms with van der Waals surface area (Å²) in [7, 11) is -1.75. The number of sulfone groups is 1. The number of alkyl halides is 1. The van der Waals surface area contributed by atoms with E-state index in [9.17, 15) is 8.42 Å². The smallest absolute Gasteiger partial charge is 0.212 e. The van der Waals surface area contributed by atoms with Crippen LogP contribution in [0.5, 0.6) is 5.88 Å². The zero-order valence-corrected chi connectivity index (χ0v) is 9.30. The Labute approximate surface area is 85.0 Å². The van der Waals surface area contributed by atoms with Crippen LogP contribution in [0, 0.1) is 0 Å². The van der Waals surface area contributed by atoms with Crippen molar-refractivity contribution in [2.24, 2.45) is 0 Å². The Kier molecular flexibility index (Phi) is 3.27. The van der Waals surface area contributed by atoms with Crippen LogP contribution in [0.3, 0.4) is 0 Å². The van der Waals surface area contributed by atoms with E-state index in [1.54, 1.807) is 0 Å². The van der Waals surface area contributed by atoms with Crippen LogP contribution in [0.15, 0.2) is 23.2 Å². The highest BCUT2D eigenvalue weighted by Crippen LogP contribution is 2.14. The van der Waals surface area contributed by atoms with Crippen LogP contribution < -0.4 is 4.74 Å². The Morgan fingerprint density at radius 3 is 2.62 bits per heavy atom. The van der Waals surface area contributed by atoms with Crippen molar-refractivity contribution >= 4 is 25.8 Å². The van der Waals surface area contributed by atoms with E-state index < -0.39 is 9.84 Å². The molecule has 0 aliphatic rings. The van der Waals surface area contributed by atoms with Gasteiger partial charge in [-0.25, -0.2) is 13.4 Å². The number of aromatic nitrogens is 1. The van der Waals surface area contributed by atoms with Crippen LogP contribution >= 0.6 is 15.9 Å². The molecule has 0 radical (unpaired) electrons. The van der Waals surface area contributed by atoms with Gasteiger partial charge in [0.05, 0.1) is 12.0 Å². The molecule has 1 heterocycles. The molecule has 0 amide bonds. The molecule has 1 aromatic heterocycles. The van der Waals surface area contributed by atoms with Gasteiger partial charge < -0.3 is 4.74 Å². The Morgan fingerprint density at radius 2 is 2.23 bits per heavy atom. The average molecular weight is 266 g/mol. The van der Waals surface area contributed by atoms with E-state index in [1.807, 2.05) is 0 Å². The second-order valence-corrected chi connectivity index (χ2v) is 5.55. The molecule has 0 aliphatic carbocycles. The van der Waals surface area contributed by atoms with Crippen molar-refractivity contribution in [2.75, 3.05) is 11.8 Å². The molecular formula is C7H8BrNO3S. The van der Waals surface area contributed by atoms with Gasteiger partial charge in [0.1, 0.15) is 4.66 Å². The number of ether oxygens (including phenoxy) is 1. The lowest BCUT2D eigenvalue weighted by Gasteiger charge is -2.00. The van der Waals surface area contributed by atoms with Crippen LogP contribution in [0.1, 0.15) is 0 Å². The SMILES string of the molecule is COc1ccc(S(=O)(=O)CBr)cn1. The van der Waals surface area contributed by atoms with Gasteiger partial charge in [-0.2, -0.15) is 0 Å². The molecule has 0 spiro atoms. The maximum Gasteiger partial charge on any atom is 0.212 e. The summed E-state index contributed by atoms with van der Waals surface area (Å²) in [5.74, 6) is 0.397. The van der Waals surface area contributed by atoms with Gasteiger partial charge in [-0.05, 0) is 6.07 Å². The molecule has 0 unspecified atom stereocenters. The first-order valence-electron chi connectivity index (χ1n) is 3.39. The normalized spacial score (nSPS) is 11.2. The molecule has 1 aromatic rings. The van der Waals surface area contributed by atoms with E-state index >= 15 is 0 Å². The zero-order chi connectivity index (χ0) is 9.90. The van der Waals surface area contributed by atoms with Gasteiger partial charge in [-0.3, -0.25) is 0 Å². The molecule has 0 atom stereocenters. The molecular weight excluding hydrogens is 258 g/mol. The summed E-state index contributed by atoms with van der Waals surface area (Å²) in [6.07, 6.45) is 1.27. The quantitative estimate of drug-likeness (QED) is 0.772. The number of rotatable bonds is 3. The van der Waals surface area contributed by atoms with Gasteiger partial charge in [-0.15, -0.1) is 0 Å². The highest BCUT2D eigenvalue weighted by molar-refractivity contribution is 9.10. The largest absolute Gasteiger partial charge is 0.481 e. The fourth-order valence-electron chi connectivity index (χ4n) is 0.734. The molecule has 72 valence electrons. The highest BCUT2D eigenvalue weighted by Gasteiger charge is 2.12. The summed E-state index contributed by atoms with van der Waals surface area (Å²) < 4.78 is 27.2. The zero-order valence-electron chi connectivity index (χ0n) is 6.90. The Hall–Kier alpha value is -0.620. The van der Waals surface area contributed by atoms with E-state index in [-0.39, 0.29) is 9.56 Å². The highest BCUT2D eigenvalue weighted by atomic mass is 79.9. The van der Waals surface area contributed by atoms with Crippen molar-refractivity contribution in [3.05, 3.63) is 18.3 Å². The molecule has 4 nitrogen and oxygen atoms in total. The van der Waals surface area contributed by atoms with Gasteiger partial charge in [0, 0.05) is 12.3 Å². The average Bonchev–Trinajstić information content (AvgIpc) is 2.18. The summed E-state index contributed by atoms with van der Waals surface area (Å²) in [5.41, 5.74) is 0. The van der Waals surface area contributed by atoms with E-state index in [1.165, 1.54) is 25.4 Å². The molecule has 0 aromatic carbocycles. The predicted octanol–water partition coefficient (Wildman–Crippen LogP) is 1.22. The Bertz CT molecular complexity index is 373. The van der Waals surface area contributed by atoms with Crippen molar-refractivity contribution in [1.82, 2.24) is 4.98 Å². The maximum absolute atomic E-state index is 11.3. The Balaban J connectivity index is 3.06. The van der Waals surface area contributed by atoms with Gasteiger partial charge >= 0.3 is 0 Å². The van der Waals surface area contributed by atoms with Crippen LogP contribution in [-0.4, -0.2) is 25.2 Å². The number of hydrogen-bond donors (Lipinski definition) is 0. The molecule has 0 N–H and O–H groups in total. The Morgan fingerprint density at radius 1 is 1.54 bits per heavy atom. The summed E-state index contributed by atoms with van der Waals surface area (Å²) in [6, 6.07) is 2.97. The maximum atomic E-state index is 11.3. The minimum atomic E-state index is -3.22. The monoisotopic (exact) mass is 265 g/mol. The van der Waals surface area contributed by atoms with Crippen molar-refractivity contribution in [1.29, 1.82) is 0 Å². The van der Waals surface area contributed by atoms with Crippen molar-refractivity contribution in [3.63, 3.8) is 0 Å². The third kappa shape index (κ3) is 2.41. The van der Waals surface area contributed by atoms with Crippen molar-refractivity contribution < 1.29 is 13.2 Å². The van der Waals surface area contributed by atoms with Crippen LogP contribution in [0.25, 0.3) is 0 Å². The fraction of sp³-hybridized carbons (Fsp3) is 0.286. The lowest BCUT2D eigenvalue weighted by atomic mass is 10.5. The second kappa shape index (κ2) is 4.06. The van der Waals surface area contributed by atoms with E-state index in [4.69, 9.17) is 4.74 Å². The van der Waals surface area contributed by atoms with Gasteiger partial charge in [0.2, 0.25) is 5.88 Å². The molecule has 0 bridgehead atoms. The van der Waals surface area contributed by atoms with Crippen molar-refractivity contribution in [3.8, 4) is 5.88 Å². The number of nitrogens with zero attached hydrogens (tertiary/aromatic N) is 1. The number of pyridine rings is 1. The lowest BCUT2D eigenvalue weighted by Crippen LogP contribution is -2.02. The minimum Gasteiger partial charge on any atom is -0.481 e. The van der Waals surface area contributed by atoms with Crippen LogP contribution in [-0.2, 0) is 9.84 Å². The number of hydrogen-bond acceptors (Lipinski definition) is 4. The standard InChI is InChI=1S/C7H8BrNO3S/c1-12-7-3-2-6(4-9-7)13(10,11)5-8/h2-4H,5H2,1H3. The summed E-state index contributed by atoms with van der Waals surface area (Å²) in [4.78, 5) is 3.97. The van der Waals surface area contributed by atoms with E-state index in [0.29, 0.717) is 5.88 Å². The lowest BCUT2D eigenvalue weighted by molar-refractivity contribution is 0.397. The fourth-order valence-corrected chi connectivity index (χ4v) is 2.14. The number of methoxy groups -OCH3 is 1. The summed E-state index contributed by atoms with van der Waals surface area (Å²) >= 11 is 2.90. The molecule has 0 saturated heterocycles. The van der Waals surface area contributed by atoms with E-state index in [0.717, 1.165) is 0 Å². The van der Waals surface area contributed by atoms with Gasteiger partial charge in [0.15, 0.2) is 9.84 Å².